The third-order valence-corrected chi connectivity index (χ3v) is 4.22. The Bertz CT molecular complexity index is 688. The smallest absolute Gasteiger partial charge is 0.224 e. The molecule has 3 N–H and O–H groups in total. The molecule has 0 saturated heterocycles. The second kappa shape index (κ2) is 5.17. The number of rotatable bonds is 2. The van der Waals surface area contributed by atoms with Gasteiger partial charge in [-0.15, -0.1) is 0 Å². The fourth-order valence-electron chi connectivity index (χ4n) is 2.17. The number of anilines is 2. The average molecular weight is 288 g/mol. The van der Waals surface area contributed by atoms with Gasteiger partial charge in [0, 0.05) is 27.6 Å². The van der Waals surface area contributed by atoms with Gasteiger partial charge in [-0.2, -0.15) is 0 Å². The van der Waals surface area contributed by atoms with Crippen LogP contribution in [0.2, 0.25) is 0 Å². The molecular formula is C15H13FN2OS. The number of carbonyl (C=O) groups is 1. The standard InChI is InChI=1S/C15H13FN2OS/c16-10-2-1-3-11(7-10)20-14-6-9-4-5-15(19)18-13(9)8-12(14)17/h1-3,6-8H,4-5,17H2,(H,18,19). The van der Waals surface area contributed by atoms with Gasteiger partial charge < -0.3 is 11.1 Å². The van der Waals surface area contributed by atoms with Crippen LogP contribution in [0, 0.1) is 5.82 Å². The Morgan fingerprint density at radius 1 is 1.20 bits per heavy atom. The fourth-order valence-corrected chi connectivity index (χ4v) is 3.12. The second-order valence-electron chi connectivity index (χ2n) is 4.65. The van der Waals surface area contributed by atoms with Gasteiger partial charge in [-0.25, -0.2) is 4.39 Å². The average Bonchev–Trinajstić information content (AvgIpc) is 2.40. The Morgan fingerprint density at radius 2 is 2.05 bits per heavy atom. The Hall–Kier alpha value is -2.01. The summed E-state index contributed by atoms with van der Waals surface area (Å²) in [5, 5.41) is 2.81. The van der Waals surface area contributed by atoms with Gasteiger partial charge in [0.15, 0.2) is 0 Å². The molecule has 20 heavy (non-hydrogen) atoms. The molecule has 1 aliphatic heterocycles. The van der Waals surface area contributed by atoms with Gasteiger partial charge in [-0.1, -0.05) is 17.8 Å². The van der Waals surface area contributed by atoms with Crippen LogP contribution in [0.1, 0.15) is 12.0 Å². The van der Waals surface area contributed by atoms with E-state index in [1.165, 1.54) is 23.9 Å². The molecule has 1 amide bonds. The number of nitrogens with one attached hydrogen (secondary N) is 1. The minimum atomic E-state index is -0.265. The third kappa shape index (κ3) is 2.63. The van der Waals surface area contributed by atoms with E-state index in [0.29, 0.717) is 18.5 Å². The minimum absolute atomic E-state index is 0.0161. The molecular weight excluding hydrogens is 275 g/mol. The Labute approximate surface area is 120 Å². The van der Waals surface area contributed by atoms with E-state index in [1.807, 2.05) is 12.1 Å². The van der Waals surface area contributed by atoms with Crippen LogP contribution >= 0.6 is 11.8 Å². The number of nitrogens with two attached hydrogens (primary N) is 1. The maximum atomic E-state index is 13.2. The molecule has 0 unspecified atom stereocenters. The van der Waals surface area contributed by atoms with Crippen molar-refractivity contribution >= 4 is 29.0 Å². The van der Waals surface area contributed by atoms with Crippen molar-refractivity contribution < 1.29 is 9.18 Å². The first-order valence-electron chi connectivity index (χ1n) is 6.27. The lowest BCUT2D eigenvalue weighted by Gasteiger charge is -2.19. The van der Waals surface area contributed by atoms with Crippen molar-refractivity contribution in [2.75, 3.05) is 11.1 Å². The fraction of sp³-hybridized carbons (Fsp3) is 0.133. The van der Waals surface area contributed by atoms with Crippen LogP contribution in [0.15, 0.2) is 46.2 Å². The number of carbonyl (C=O) groups excluding carboxylic acids is 1. The number of hydrogen-bond donors (Lipinski definition) is 2. The van der Waals surface area contributed by atoms with Gasteiger partial charge in [-0.3, -0.25) is 4.79 Å². The quantitative estimate of drug-likeness (QED) is 0.832. The van der Waals surface area contributed by atoms with Crippen molar-refractivity contribution in [3.05, 3.63) is 47.8 Å². The lowest BCUT2D eigenvalue weighted by atomic mass is 10.0. The van der Waals surface area contributed by atoms with Gasteiger partial charge in [-0.05, 0) is 42.3 Å². The number of halogens is 1. The van der Waals surface area contributed by atoms with Crippen molar-refractivity contribution in [1.29, 1.82) is 0 Å². The normalized spacial score (nSPS) is 13.8. The molecule has 3 rings (SSSR count). The van der Waals surface area contributed by atoms with Crippen LogP contribution in [0.5, 0.6) is 0 Å². The highest BCUT2D eigenvalue weighted by Gasteiger charge is 2.17. The summed E-state index contributed by atoms with van der Waals surface area (Å²) in [5.74, 6) is -0.249. The summed E-state index contributed by atoms with van der Waals surface area (Å²) in [6, 6.07) is 10.1. The molecule has 0 aliphatic carbocycles. The van der Waals surface area contributed by atoms with Crippen LogP contribution < -0.4 is 11.1 Å². The van der Waals surface area contributed by atoms with E-state index in [-0.39, 0.29) is 11.7 Å². The van der Waals surface area contributed by atoms with Gasteiger partial charge in [0.25, 0.3) is 0 Å². The Balaban J connectivity index is 1.92. The van der Waals surface area contributed by atoms with Crippen molar-refractivity contribution in [2.45, 2.75) is 22.6 Å². The lowest BCUT2D eigenvalue weighted by Crippen LogP contribution is -2.19. The molecule has 0 spiro atoms. The first-order chi connectivity index (χ1) is 9.61. The summed E-state index contributed by atoms with van der Waals surface area (Å²) in [6.07, 6.45) is 1.19. The Kier molecular flexibility index (Phi) is 3.36. The molecule has 0 saturated carbocycles. The second-order valence-corrected chi connectivity index (χ2v) is 5.77. The first kappa shape index (κ1) is 13.0. The summed E-state index contributed by atoms with van der Waals surface area (Å²) in [5.41, 5.74) is 8.44. The summed E-state index contributed by atoms with van der Waals surface area (Å²) in [7, 11) is 0. The maximum Gasteiger partial charge on any atom is 0.224 e. The van der Waals surface area contributed by atoms with Crippen LogP contribution in [-0.2, 0) is 11.2 Å². The van der Waals surface area contributed by atoms with Gasteiger partial charge in [0.2, 0.25) is 5.91 Å². The van der Waals surface area contributed by atoms with E-state index < -0.39 is 0 Å². The van der Waals surface area contributed by atoms with E-state index in [2.05, 4.69) is 5.32 Å². The molecule has 0 radical (unpaired) electrons. The predicted molar refractivity (Wildman–Crippen MR) is 78.3 cm³/mol. The highest BCUT2D eigenvalue weighted by Crippen LogP contribution is 2.37. The van der Waals surface area contributed by atoms with E-state index in [1.54, 1.807) is 12.1 Å². The predicted octanol–water partition coefficient (Wildman–Crippen LogP) is 3.44. The molecule has 0 aromatic heterocycles. The largest absolute Gasteiger partial charge is 0.398 e. The van der Waals surface area contributed by atoms with E-state index in [4.69, 9.17) is 5.73 Å². The zero-order valence-corrected chi connectivity index (χ0v) is 11.5. The van der Waals surface area contributed by atoms with E-state index in [0.717, 1.165) is 21.0 Å². The van der Waals surface area contributed by atoms with Crippen molar-refractivity contribution in [3.63, 3.8) is 0 Å². The summed E-state index contributed by atoms with van der Waals surface area (Å²) >= 11 is 1.42. The van der Waals surface area contributed by atoms with Crippen molar-refractivity contribution in [1.82, 2.24) is 0 Å². The van der Waals surface area contributed by atoms with Crippen LogP contribution in [0.25, 0.3) is 0 Å². The SMILES string of the molecule is Nc1cc2c(cc1Sc1cccc(F)c1)CCC(=O)N2. The molecule has 0 atom stereocenters. The number of fused-ring (bicyclic) bond motifs is 1. The molecule has 0 bridgehead atoms. The zero-order chi connectivity index (χ0) is 14.1. The number of amides is 1. The lowest BCUT2D eigenvalue weighted by molar-refractivity contribution is -0.116. The molecule has 1 heterocycles. The number of hydrogen-bond acceptors (Lipinski definition) is 3. The topological polar surface area (TPSA) is 55.1 Å². The van der Waals surface area contributed by atoms with Crippen LogP contribution in [0.3, 0.4) is 0 Å². The van der Waals surface area contributed by atoms with Crippen molar-refractivity contribution in [3.8, 4) is 0 Å². The molecule has 1 aliphatic rings. The van der Waals surface area contributed by atoms with Crippen molar-refractivity contribution in [2.24, 2.45) is 0 Å². The van der Waals surface area contributed by atoms with E-state index in [9.17, 15) is 9.18 Å². The zero-order valence-electron chi connectivity index (χ0n) is 10.7. The van der Waals surface area contributed by atoms with Gasteiger partial charge in [0.05, 0.1) is 0 Å². The van der Waals surface area contributed by atoms with Crippen LogP contribution in [-0.4, -0.2) is 5.91 Å². The Morgan fingerprint density at radius 3 is 2.85 bits per heavy atom. The summed E-state index contributed by atoms with van der Waals surface area (Å²) in [6.45, 7) is 0. The van der Waals surface area contributed by atoms with Crippen LogP contribution in [0.4, 0.5) is 15.8 Å². The molecule has 0 fully saturated rings. The summed E-state index contributed by atoms with van der Waals surface area (Å²) < 4.78 is 13.2. The highest BCUT2D eigenvalue weighted by atomic mass is 32.2. The molecule has 2 aromatic carbocycles. The molecule has 3 nitrogen and oxygen atoms in total. The maximum absolute atomic E-state index is 13.2. The van der Waals surface area contributed by atoms with Gasteiger partial charge >= 0.3 is 0 Å². The number of aryl methyl sites for hydroxylation is 1. The first-order valence-corrected chi connectivity index (χ1v) is 7.09. The number of nitrogen functional groups attached to an aromatic ring is 1. The minimum Gasteiger partial charge on any atom is -0.398 e. The van der Waals surface area contributed by atoms with E-state index >= 15 is 0 Å². The third-order valence-electron chi connectivity index (χ3n) is 3.16. The monoisotopic (exact) mass is 288 g/mol. The van der Waals surface area contributed by atoms with Gasteiger partial charge in [0.1, 0.15) is 5.82 Å². The highest BCUT2D eigenvalue weighted by molar-refractivity contribution is 7.99. The summed E-state index contributed by atoms with van der Waals surface area (Å²) in [4.78, 5) is 13.0. The number of benzene rings is 2. The molecule has 2 aromatic rings. The molecule has 102 valence electrons. The molecule has 5 heteroatoms.